The van der Waals surface area contributed by atoms with Crippen molar-refractivity contribution in [3.63, 3.8) is 0 Å². The topological polar surface area (TPSA) is 38.7 Å². The zero-order chi connectivity index (χ0) is 15.9. The van der Waals surface area contributed by atoms with Crippen LogP contribution >= 0.6 is 34.4 Å². The maximum Gasteiger partial charge on any atom is 0.128 e. The van der Waals surface area contributed by atoms with Crippen LogP contribution in [0, 0.1) is 20.8 Å². The molecule has 3 aromatic rings. The summed E-state index contributed by atoms with van der Waals surface area (Å²) in [4.78, 5) is 16.4. The summed E-state index contributed by atoms with van der Waals surface area (Å²) in [5, 5.41) is 5.68. The van der Waals surface area contributed by atoms with Gasteiger partial charge in [-0.05, 0) is 26.3 Å². The van der Waals surface area contributed by atoms with Gasteiger partial charge in [0.05, 0.1) is 10.7 Å². The van der Waals surface area contributed by atoms with Crippen molar-refractivity contribution < 1.29 is 0 Å². The standard InChI is InChI=1S/C16H19N3S3/c1-8(2)14-19-12(6-20-14)7-21-15-13-9(3)10(4)22-16(13)18-11(5)17-15/h6,8H,7H2,1-5H3. The van der Waals surface area contributed by atoms with E-state index in [1.165, 1.54) is 20.8 Å². The van der Waals surface area contributed by atoms with Gasteiger partial charge < -0.3 is 0 Å². The van der Waals surface area contributed by atoms with Crippen molar-refractivity contribution >= 4 is 44.7 Å². The summed E-state index contributed by atoms with van der Waals surface area (Å²) < 4.78 is 0. The van der Waals surface area contributed by atoms with Crippen LogP contribution in [0.15, 0.2) is 10.4 Å². The van der Waals surface area contributed by atoms with E-state index < -0.39 is 0 Å². The molecule has 0 aliphatic carbocycles. The largest absolute Gasteiger partial charge is 0.245 e. The first-order valence-corrected chi connectivity index (χ1v) is 9.95. The lowest BCUT2D eigenvalue weighted by Gasteiger charge is -2.04. The fourth-order valence-corrected chi connectivity index (χ4v) is 5.32. The molecule has 3 aromatic heterocycles. The van der Waals surface area contributed by atoms with Gasteiger partial charge in [-0.3, -0.25) is 0 Å². The maximum absolute atomic E-state index is 4.71. The normalized spacial score (nSPS) is 11.7. The molecule has 0 N–H and O–H groups in total. The van der Waals surface area contributed by atoms with Crippen molar-refractivity contribution in [1.82, 2.24) is 15.0 Å². The molecule has 22 heavy (non-hydrogen) atoms. The Morgan fingerprint density at radius 2 is 1.91 bits per heavy atom. The quantitative estimate of drug-likeness (QED) is 0.461. The molecule has 3 rings (SSSR count). The third-order valence-corrected chi connectivity index (χ3v) is 6.83. The summed E-state index contributed by atoms with van der Waals surface area (Å²) in [7, 11) is 0. The number of aromatic nitrogens is 3. The summed E-state index contributed by atoms with van der Waals surface area (Å²) in [5.74, 6) is 2.21. The molecule has 0 fully saturated rings. The van der Waals surface area contributed by atoms with Gasteiger partial charge in [0.2, 0.25) is 0 Å². The second-order valence-electron chi connectivity index (χ2n) is 5.66. The Bertz CT molecular complexity index is 818. The summed E-state index contributed by atoms with van der Waals surface area (Å²) in [6.45, 7) is 10.7. The summed E-state index contributed by atoms with van der Waals surface area (Å²) in [6.07, 6.45) is 0. The predicted molar refractivity (Wildman–Crippen MR) is 97.4 cm³/mol. The van der Waals surface area contributed by atoms with Crippen LogP contribution in [-0.4, -0.2) is 15.0 Å². The number of thioether (sulfide) groups is 1. The molecular weight excluding hydrogens is 330 g/mol. The van der Waals surface area contributed by atoms with Gasteiger partial charge in [-0.15, -0.1) is 22.7 Å². The van der Waals surface area contributed by atoms with E-state index in [1.54, 1.807) is 34.4 Å². The van der Waals surface area contributed by atoms with Gasteiger partial charge in [-0.25, -0.2) is 15.0 Å². The van der Waals surface area contributed by atoms with Crippen LogP contribution < -0.4 is 0 Å². The van der Waals surface area contributed by atoms with Gasteiger partial charge in [0.1, 0.15) is 15.7 Å². The van der Waals surface area contributed by atoms with E-state index >= 15 is 0 Å². The molecule has 0 aliphatic heterocycles. The molecule has 0 saturated carbocycles. The Balaban J connectivity index is 1.89. The average molecular weight is 350 g/mol. The maximum atomic E-state index is 4.71. The second kappa shape index (κ2) is 6.26. The van der Waals surface area contributed by atoms with E-state index in [-0.39, 0.29) is 0 Å². The number of hydrogen-bond acceptors (Lipinski definition) is 6. The third-order valence-electron chi connectivity index (χ3n) is 3.53. The monoisotopic (exact) mass is 349 g/mol. The number of hydrogen-bond donors (Lipinski definition) is 0. The average Bonchev–Trinajstić information content (AvgIpc) is 3.02. The van der Waals surface area contributed by atoms with Gasteiger partial charge >= 0.3 is 0 Å². The molecule has 0 spiro atoms. The summed E-state index contributed by atoms with van der Waals surface area (Å²) in [6, 6.07) is 0. The minimum atomic E-state index is 0.499. The van der Waals surface area contributed by atoms with Crippen molar-refractivity contribution in [3.8, 4) is 0 Å². The first-order chi connectivity index (χ1) is 10.5. The van der Waals surface area contributed by atoms with E-state index in [0.717, 1.165) is 27.1 Å². The highest BCUT2D eigenvalue weighted by atomic mass is 32.2. The molecule has 0 aliphatic rings. The molecule has 0 atom stereocenters. The Hall–Kier alpha value is -0.980. The Morgan fingerprint density at radius 1 is 1.14 bits per heavy atom. The zero-order valence-electron chi connectivity index (χ0n) is 13.4. The molecule has 0 unspecified atom stereocenters. The van der Waals surface area contributed by atoms with Gasteiger partial charge in [-0.1, -0.05) is 25.6 Å². The van der Waals surface area contributed by atoms with Crippen LogP contribution in [0.1, 0.15) is 46.7 Å². The molecular formula is C16H19N3S3. The lowest BCUT2D eigenvalue weighted by molar-refractivity contribution is 0.846. The van der Waals surface area contributed by atoms with Crippen LogP contribution in [-0.2, 0) is 5.75 Å². The fourth-order valence-electron chi connectivity index (χ4n) is 2.22. The molecule has 0 aromatic carbocycles. The SMILES string of the molecule is Cc1nc(SCc2csc(C(C)C)n2)c2c(C)c(C)sc2n1. The van der Waals surface area contributed by atoms with Gasteiger partial charge in [0.15, 0.2) is 0 Å². The number of fused-ring (bicyclic) bond motifs is 1. The van der Waals surface area contributed by atoms with Crippen molar-refractivity contribution in [2.24, 2.45) is 0 Å². The minimum absolute atomic E-state index is 0.499. The highest BCUT2D eigenvalue weighted by Crippen LogP contribution is 2.36. The summed E-state index contributed by atoms with van der Waals surface area (Å²) in [5.41, 5.74) is 2.45. The Labute approximate surface area is 143 Å². The second-order valence-corrected chi connectivity index (χ2v) is 8.72. The molecule has 3 heterocycles. The van der Waals surface area contributed by atoms with Crippen molar-refractivity contribution in [1.29, 1.82) is 0 Å². The van der Waals surface area contributed by atoms with Crippen LogP contribution in [0.4, 0.5) is 0 Å². The lowest BCUT2D eigenvalue weighted by Crippen LogP contribution is -1.92. The van der Waals surface area contributed by atoms with Crippen molar-refractivity contribution in [3.05, 3.63) is 32.3 Å². The predicted octanol–water partition coefficient (Wildman–Crippen LogP) is 5.49. The molecule has 0 bridgehead atoms. The number of thiophene rings is 1. The molecule has 116 valence electrons. The number of rotatable bonds is 4. The van der Waals surface area contributed by atoms with Crippen LogP contribution in [0.5, 0.6) is 0 Å². The Kier molecular flexibility index (Phi) is 4.52. The highest BCUT2D eigenvalue weighted by Gasteiger charge is 2.14. The molecule has 0 saturated heterocycles. The zero-order valence-corrected chi connectivity index (χ0v) is 15.9. The molecule has 0 amide bonds. The fraction of sp³-hybridized carbons (Fsp3) is 0.438. The first kappa shape index (κ1) is 15.9. The number of aryl methyl sites for hydroxylation is 3. The lowest BCUT2D eigenvalue weighted by atomic mass is 10.2. The Morgan fingerprint density at radius 3 is 2.59 bits per heavy atom. The highest BCUT2D eigenvalue weighted by molar-refractivity contribution is 7.98. The van der Waals surface area contributed by atoms with Crippen molar-refractivity contribution in [2.45, 2.75) is 51.3 Å². The van der Waals surface area contributed by atoms with Gasteiger partial charge in [-0.2, -0.15) is 0 Å². The first-order valence-electron chi connectivity index (χ1n) is 7.27. The van der Waals surface area contributed by atoms with Crippen molar-refractivity contribution in [2.75, 3.05) is 0 Å². The van der Waals surface area contributed by atoms with E-state index in [9.17, 15) is 0 Å². The molecule has 3 nitrogen and oxygen atoms in total. The summed E-state index contributed by atoms with van der Waals surface area (Å²) >= 11 is 5.28. The van der Waals surface area contributed by atoms with Gasteiger partial charge in [0.25, 0.3) is 0 Å². The number of nitrogens with zero attached hydrogens (tertiary/aromatic N) is 3. The smallest absolute Gasteiger partial charge is 0.128 e. The van der Waals surface area contributed by atoms with E-state index in [1.807, 2.05) is 6.92 Å². The van der Waals surface area contributed by atoms with Crippen LogP contribution in [0.2, 0.25) is 0 Å². The van der Waals surface area contributed by atoms with E-state index in [4.69, 9.17) is 4.98 Å². The number of thiazole rings is 1. The van der Waals surface area contributed by atoms with E-state index in [2.05, 4.69) is 43.0 Å². The van der Waals surface area contributed by atoms with Crippen LogP contribution in [0.3, 0.4) is 0 Å². The van der Waals surface area contributed by atoms with Crippen LogP contribution in [0.25, 0.3) is 10.2 Å². The van der Waals surface area contributed by atoms with Gasteiger partial charge in [0, 0.05) is 27.3 Å². The third kappa shape index (κ3) is 3.05. The minimum Gasteiger partial charge on any atom is -0.245 e. The van der Waals surface area contributed by atoms with E-state index in [0.29, 0.717) is 5.92 Å². The molecule has 6 heteroatoms. The molecule has 0 radical (unpaired) electrons.